The van der Waals surface area contributed by atoms with E-state index in [1.807, 2.05) is 58.1 Å². The molecule has 0 spiro atoms. The third kappa shape index (κ3) is 3.92. The van der Waals surface area contributed by atoms with E-state index in [9.17, 15) is 4.79 Å². The third-order valence-corrected chi connectivity index (χ3v) is 5.84. The molecule has 4 rings (SSSR count). The number of fused-ring (bicyclic) bond motifs is 1. The molecule has 2 heterocycles. The Balaban J connectivity index is 1.78. The first-order valence-corrected chi connectivity index (χ1v) is 10.6. The molecule has 1 aliphatic rings. The summed E-state index contributed by atoms with van der Waals surface area (Å²) in [5.41, 5.74) is 2.14. The van der Waals surface area contributed by atoms with Crippen LogP contribution in [-0.4, -0.2) is 27.8 Å². The molecule has 1 aliphatic heterocycles. The second-order valence-corrected chi connectivity index (χ2v) is 7.90. The summed E-state index contributed by atoms with van der Waals surface area (Å²) >= 11 is 6.10. The fourth-order valence-corrected chi connectivity index (χ4v) is 4.13. The third-order valence-electron chi connectivity index (χ3n) is 5.59. The molecule has 0 radical (unpaired) electrons. The minimum absolute atomic E-state index is 0.0397. The van der Waals surface area contributed by atoms with Gasteiger partial charge in [0.05, 0.1) is 19.2 Å². The Morgan fingerprint density at radius 1 is 1.10 bits per heavy atom. The lowest BCUT2D eigenvalue weighted by molar-refractivity contribution is -0.119. The molecule has 0 aliphatic carbocycles. The van der Waals surface area contributed by atoms with Gasteiger partial charge in [0, 0.05) is 11.4 Å². The van der Waals surface area contributed by atoms with Crippen molar-refractivity contribution < 1.29 is 9.53 Å². The summed E-state index contributed by atoms with van der Waals surface area (Å²) in [6.45, 7) is 2.09. The lowest BCUT2D eigenvalue weighted by Gasteiger charge is -2.39. The quantitative estimate of drug-likeness (QED) is 0.545. The second-order valence-electron chi connectivity index (χ2n) is 7.46. The molecule has 0 bridgehead atoms. The van der Waals surface area contributed by atoms with Crippen LogP contribution in [0.25, 0.3) is 0 Å². The number of hydrogen-bond donors (Lipinski definition) is 0. The van der Waals surface area contributed by atoms with E-state index in [0.29, 0.717) is 23.8 Å². The molecule has 6 nitrogen and oxygen atoms in total. The highest BCUT2D eigenvalue weighted by Gasteiger charge is 2.39. The van der Waals surface area contributed by atoms with Gasteiger partial charge in [0.1, 0.15) is 12.1 Å². The Labute approximate surface area is 181 Å². The van der Waals surface area contributed by atoms with Gasteiger partial charge in [-0.15, -0.1) is 0 Å². The number of carbonyl (C=O) groups excluding carboxylic acids is 1. The maximum absolute atomic E-state index is 13.2. The van der Waals surface area contributed by atoms with Gasteiger partial charge < -0.3 is 4.74 Å². The van der Waals surface area contributed by atoms with Gasteiger partial charge in [-0.25, -0.2) is 4.68 Å². The van der Waals surface area contributed by atoms with Crippen LogP contribution in [0.1, 0.15) is 55.8 Å². The van der Waals surface area contributed by atoms with Gasteiger partial charge in [0.2, 0.25) is 11.9 Å². The van der Waals surface area contributed by atoms with Crippen molar-refractivity contribution in [3.8, 4) is 5.75 Å². The maximum Gasteiger partial charge on any atom is 0.231 e. The topological polar surface area (TPSA) is 60.2 Å². The van der Waals surface area contributed by atoms with Crippen LogP contribution >= 0.6 is 11.6 Å². The first-order valence-electron chi connectivity index (χ1n) is 10.2. The van der Waals surface area contributed by atoms with E-state index in [1.165, 1.54) is 6.33 Å². The molecule has 3 aromatic rings. The van der Waals surface area contributed by atoms with Crippen molar-refractivity contribution in [2.75, 3.05) is 12.0 Å². The molecule has 1 aromatic heterocycles. The number of carbonyl (C=O) groups is 1. The van der Waals surface area contributed by atoms with E-state index in [1.54, 1.807) is 7.11 Å². The number of ether oxygens (including phenoxy) is 1. The lowest BCUT2D eigenvalue weighted by atomic mass is 9.91. The highest BCUT2D eigenvalue weighted by Crippen LogP contribution is 2.42. The molecule has 0 fully saturated rings. The number of halogens is 1. The van der Waals surface area contributed by atoms with Crippen LogP contribution in [0.4, 0.5) is 5.95 Å². The molecule has 156 valence electrons. The number of amides is 1. The second kappa shape index (κ2) is 8.88. The van der Waals surface area contributed by atoms with Crippen molar-refractivity contribution in [1.82, 2.24) is 14.8 Å². The fraction of sp³-hybridized carbons (Fsp3) is 0.348. The number of unbranched alkanes of at least 4 members (excludes halogenated alkanes) is 1. The molecule has 0 saturated heterocycles. The van der Waals surface area contributed by atoms with E-state index in [0.717, 1.165) is 29.7 Å². The van der Waals surface area contributed by atoms with Gasteiger partial charge in [-0.1, -0.05) is 49.2 Å². The SMILES string of the molecule is CCCCC(=O)N1c2ncnn2[C@@H](c2ccc(Cl)cc2)C[C@@H]1c1ccc(OC)cc1. The van der Waals surface area contributed by atoms with Gasteiger partial charge in [-0.05, 0) is 48.2 Å². The zero-order chi connectivity index (χ0) is 21.1. The minimum atomic E-state index is -0.141. The number of benzene rings is 2. The van der Waals surface area contributed by atoms with Crippen LogP contribution in [0.2, 0.25) is 5.02 Å². The Hall–Kier alpha value is -2.86. The molecular weight excluding hydrogens is 400 g/mol. The molecule has 0 N–H and O–H groups in total. The predicted octanol–water partition coefficient (Wildman–Crippen LogP) is 5.20. The Morgan fingerprint density at radius 3 is 2.43 bits per heavy atom. The molecule has 0 unspecified atom stereocenters. The zero-order valence-electron chi connectivity index (χ0n) is 17.2. The van der Waals surface area contributed by atoms with Crippen molar-refractivity contribution in [2.24, 2.45) is 0 Å². The van der Waals surface area contributed by atoms with Crippen molar-refractivity contribution in [2.45, 2.75) is 44.7 Å². The number of aromatic nitrogens is 3. The summed E-state index contributed by atoms with van der Waals surface area (Å²) < 4.78 is 7.16. The summed E-state index contributed by atoms with van der Waals surface area (Å²) in [4.78, 5) is 19.5. The highest BCUT2D eigenvalue weighted by molar-refractivity contribution is 6.30. The number of hydrogen-bond acceptors (Lipinski definition) is 4. The summed E-state index contributed by atoms with van der Waals surface area (Å²) in [5, 5.41) is 5.16. The highest BCUT2D eigenvalue weighted by atomic mass is 35.5. The zero-order valence-corrected chi connectivity index (χ0v) is 17.9. The van der Waals surface area contributed by atoms with Crippen LogP contribution in [0.15, 0.2) is 54.9 Å². The summed E-state index contributed by atoms with van der Waals surface area (Å²) in [5.74, 6) is 1.44. The van der Waals surface area contributed by atoms with Crippen molar-refractivity contribution >= 4 is 23.5 Å². The Kier molecular flexibility index (Phi) is 6.04. The normalized spacial score (nSPS) is 18.2. The number of rotatable bonds is 6. The summed E-state index contributed by atoms with van der Waals surface area (Å²) in [6.07, 6.45) is 4.52. The smallest absolute Gasteiger partial charge is 0.231 e. The van der Waals surface area contributed by atoms with E-state index in [-0.39, 0.29) is 18.0 Å². The fourth-order valence-electron chi connectivity index (χ4n) is 4.00. The minimum Gasteiger partial charge on any atom is -0.497 e. The van der Waals surface area contributed by atoms with Gasteiger partial charge in [-0.3, -0.25) is 9.69 Å². The van der Waals surface area contributed by atoms with Crippen LogP contribution in [0.3, 0.4) is 0 Å². The van der Waals surface area contributed by atoms with E-state index in [2.05, 4.69) is 17.0 Å². The molecule has 2 aromatic carbocycles. The van der Waals surface area contributed by atoms with Gasteiger partial charge >= 0.3 is 0 Å². The number of methoxy groups -OCH3 is 1. The van der Waals surface area contributed by atoms with Crippen LogP contribution in [-0.2, 0) is 4.79 Å². The first kappa shape index (κ1) is 20.4. The van der Waals surface area contributed by atoms with Crippen molar-refractivity contribution in [3.05, 3.63) is 71.0 Å². The van der Waals surface area contributed by atoms with Gasteiger partial charge in [0.15, 0.2) is 0 Å². The van der Waals surface area contributed by atoms with Crippen molar-refractivity contribution in [3.63, 3.8) is 0 Å². The Morgan fingerprint density at radius 2 is 1.77 bits per heavy atom. The van der Waals surface area contributed by atoms with Crippen LogP contribution in [0, 0.1) is 0 Å². The average Bonchev–Trinajstić information content (AvgIpc) is 3.27. The van der Waals surface area contributed by atoms with E-state index < -0.39 is 0 Å². The monoisotopic (exact) mass is 424 g/mol. The van der Waals surface area contributed by atoms with Crippen LogP contribution < -0.4 is 9.64 Å². The molecule has 30 heavy (non-hydrogen) atoms. The first-order chi connectivity index (χ1) is 14.6. The average molecular weight is 425 g/mol. The molecule has 1 amide bonds. The summed E-state index contributed by atoms with van der Waals surface area (Å²) in [6, 6.07) is 15.5. The predicted molar refractivity (Wildman–Crippen MR) is 117 cm³/mol. The maximum atomic E-state index is 13.2. The van der Waals surface area contributed by atoms with Gasteiger partial charge in [-0.2, -0.15) is 10.1 Å². The standard InChI is InChI=1S/C23H25ClN4O2/c1-3-4-5-22(29)27-20(16-8-12-19(30-2)13-9-16)14-21(28-23(27)25-15-26-28)17-6-10-18(24)11-7-17/h6-13,15,20-21H,3-5,14H2,1-2H3/t20-,21-/m1/s1. The van der Waals surface area contributed by atoms with Gasteiger partial charge in [0.25, 0.3) is 0 Å². The molecule has 0 saturated carbocycles. The number of nitrogens with zero attached hydrogens (tertiary/aromatic N) is 4. The molecule has 7 heteroatoms. The number of anilines is 1. The molecular formula is C23H25ClN4O2. The largest absolute Gasteiger partial charge is 0.497 e. The van der Waals surface area contributed by atoms with Crippen LogP contribution in [0.5, 0.6) is 5.75 Å². The Bertz CT molecular complexity index is 1000. The summed E-state index contributed by atoms with van der Waals surface area (Å²) in [7, 11) is 1.65. The van der Waals surface area contributed by atoms with Crippen molar-refractivity contribution in [1.29, 1.82) is 0 Å². The van der Waals surface area contributed by atoms with E-state index >= 15 is 0 Å². The molecule has 2 atom stereocenters. The lowest BCUT2D eigenvalue weighted by Crippen LogP contribution is -2.42. The van der Waals surface area contributed by atoms with E-state index in [4.69, 9.17) is 16.3 Å².